The largest absolute Gasteiger partial charge is 0.481 e. The van der Waals surface area contributed by atoms with Crippen LogP contribution in [0.5, 0.6) is 0 Å². The van der Waals surface area contributed by atoms with Crippen LogP contribution in [0, 0.1) is 5.92 Å². The first-order valence-electron chi connectivity index (χ1n) is 6.81. The molecule has 5 heteroatoms. The number of benzene rings is 1. The molecule has 0 saturated heterocycles. The monoisotopic (exact) mass is 339 g/mol. The molecule has 0 bridgehead atoms. The van der Waals surface area contributed by atoms with Gasteiger partial charge in [0.2, 0.25) is 5.91 Å². The van der Waals surface area contributed by atoms with Gasteiger partial charge in [0.15, 0.2) is 0 Å². The third kappa shape index (κ3) is 4.34. The third-order valence-electron chi connectivity index (χ3n) is 3.66. The van der Waals surface area contributed by atoms with Crippen molar-refractivity contribution < 1.29 is 14.7 Å². The number of halogens is 1. The lowest BCUT2D eigenvalue weighted by Crippen LogP contribution is -2.32. The van der Waals surface area contributed by atoms with Crippen molar-refractivity contribution in [1.82, 2.24) is 5.32 Å². The van der Waals surface area contributed by atoms with Gasteiger partial charge >= 0.3 is 5.97 Å². The quantitative estimate of drug-likeness (QED) is 0.835. The van der Waals surface area contributed by atoms with Gasteiger partial charge in [0.25, 0.3) is 0 Å². The molecule has 0 aliphatic heterocycles. The second-order valence-corrected chi connectivity index (χ2v) is 6.19. The molecule has 1 aromatic carbocycles. The molecule has 0 aromatic heterocycles. The van der Waals surface area contributed by atoms with Gasteiger partial charge in [-0.15, -0.1) is 0 Å². The summed E-state index contributed by atoms with van der Waals surface area (Å²) in [5, 5.41) is 11.9. The number of carboxylic acid groups (broad SMARTS) is 1. The molecule has 1 aliphatic rings. The van der Waals surface area contributed by atoms with Crippen LogP contribution in [-0.4, -0.2) is 17.0 Å². The molecule has 1 amide bonds. The van der Waals surface area contributed by atoms with Crippen LogP contribution in [0.1, 0.15) is 43.7 Å². The van der Waals surface area contributed by atoms with Gasteiger partial charge in [0.1, 0.15) is 0 Å². The molecule has 1 atom stereocenters. The highest BCUT2D eigenvalue weighted by Gasteiger charge is 2.23. The lowest BCUT2D eigenvalue weighted by Gasteiger charge is -2.26. The van der Waals surface area contributed by atoms with Crippen molar-refractivity contribution in [2.75, 3.05) is 0 Å². The Kier molecular flexibility index (Phi) is 5.17. The number of hydrogen-bond donors (Lipinski definition) is 2. The molecule has 2 rings (SSSR count). The van der Waals surface area contributed by atoms with Crippen molar-refractivity contribution in [3.63, 3.8) is 0 Å². The Morgan fingerprint density at radius 1 is 1.40 bits per heavy atom. The first-order chi connectivity index (χ1) is 9.54. The molecule has 4 nitrogen and oxygen atoms in total. The predicted octanol–water partition coefficient (Wildman–Crippen LogP) is 3.27. The number of hydrogen-bond acceptors (Lipinski definition) is 2. The van der Waals surface area contributed by atoms with Gasteiger partial charge in [-0.3, -0.25) is 9.59 Å². The van der Waals surface area contributed by atoms with Gasteiger partial charge in [-0.1, -0.05) is 34.5 Å². The van der Waals surface area contributed by atoms with Crippen molar-refractivity contribution in [3.8, 4) is 0 Å². The number of carboxylic acids is 1. The van der Waals surface area contributed by atoms with Crippen molar-refractivity contribution >= 4 is 27.8 Å². The van der Waals surface area contributed by atoms with Crippen molar-refractivity contribution in [2.24, 2.45) is 5.92 Å². The Bertz CT molecular complexity index is 500. The van der Waals surface area contributed by atoms with E-state index in [2.05, 4.69) is 21.2 Å². The van der Waals surface area contributed by atoms with E-state index in [-0.39, 0.29) is 12.3 Å². The Balaban J connectivity index is 2.02. The van der Waals surface area contributed by atoms with Gasteiger partial charge in [0.05, 0.1) is 12.5 Å². The molecule has 0 radical (unpaired) electrons. The van der Waals surface area contributed by atoms with E-state index in [0.29, 0.717) is 12.3 Å². The third-order valence-corrected chi connectivity index (χ3v) is 4.16. The molecule has 1 fully saturated rings. The fourth-order valence-electron chi connectivity index (χ4n) is 2.36. The fraction of sp³-hybridized carbons (Fsp3) is 0.467. The molecule has 1 unspecified atom stereocenters. The molecule has 1 aromatic rings. The van der Waals surface area contributed by atoms with E-state index in [0.717, 1.165) is 22.9 Å². The predicted molar refractivity (Wildman–Crippen MR) is 79.2 cm³/mol. The zero-order valence-corrected chi connectivity index (χ0v) is 12.7. The molecule has 0 spiro atoms. The van der Waals surface area contributed by atoms with E-state index in [1.165, 1.54) is 6.42 Å². The highest BCUT2D eigenvalue weighted by molar-refractivity contribution is 9.10. The van der Waals surface area contributed by atoms with Crippen molar-refractivity contribution in [2.45, 2.75) is 38.1 Å². The summed E-state index contributed by atoms with van der Waals surface area (Å²) in [5.41, 5.74) is 0.809. The second-order valence-electron chi connectivity index (χ2n) is 5.27. The number of rotatable bonds is 6. The smallest absolute Gasteiger partial charge is 0.305 e. The average molecular weight is 340 g/mol. The summed E-state index contributed by atoms with van der Waals surface area (Å²) in [6.07, 6.45) is 3.81. The van der Waals surface area contributed by atoms with Gasteiger partial charge < -0.3 is 10.4 Å². The van der Waals surface area contributed by atoms with E-state index < -0.39 is 12.0 Å². The van der Waals surface area contributed by atoms with Crippen LogP contribution in [0.3, 0.4) is 0 Å². The van der Waals surface area contributed by atoms with Crippen LogP contribution in [0.4, 0.5) is 0 Å². The topological polar surface area (TPSA) is 66.4 Å². The molecular formula is C15H18BrNO3. The van der Waals surface area contributed by atoms with Gasteiger partial charge in [-0.2, -0.15) is 0 Å². The van der Waals surface area contributed by atoms with Crippen molar-refractivity contribution in [3.05, 3.63) is 34.3 Å². The number of nitrogens with one attached hydrogen (secondary N) is 1. The van der Waals surface area contributed by atoms with Gasteiger partial charge in [-0.05, 0) is 36.5 Å². The standard InChI is InChI=1S/C15H18BrNO3/c16-12-6-2-5-11(8-12)13(9-15(19)20)17-14(18)7-10-3-1-4-10/h2,5-6,8,10,13H,1,3-4,7,9H2,(H,17,18)(H,19,20). The van der Waals surface area contributed by atoms with E-state index in [1.54, 1.807) is 0 Å². The van der Waals surface area contributed by atoms with Crippen LogP contribution in [0.2, 0.25) is 0 Å². The molecule has 1 aliphatic carbocycles. The summed E-state index contributed by atoms with van der Waals surface area (Å²) in [7, 11) is 0. The average Bonchev–Trinajstić information content (AvgIpc) is 2.32. The number of carbonyl (C=O) groups is 2. The second kappa shape index (κ2) is 6.88. The fourth-order valence-corrected chi connectivity index (χ4v) is 2.78. The minimum Gasteiger partial charge on any atom is -0.481 e. The summed E-state index contributed by atoms with van der Waals surface area (Å²) in [6.45, 7) is 0. The Morgan fingerprint density at radius 2 is 2.15 bits per heavy atom. The molecule has 1 saturated carbocycles. The van der Waals surface area contributed by atoms with E-state index in [4.69, 9.17) is 5.11 Å². The first-order valence-corrected chi connectivity index (χ1v) is 7.60. The van der Waals surface area contributed by atoms with Crippen LogP contribution >= 0.6 is 15.9 Å². The number of amides is 1. The maximum absolute atomic E-state index is 12.0. The lowest BCUT2D eigenvalue weighted by atomic mass is 9.83. The Hall–Kier alpha value is -1.36. The maximum atomic E-state index is 12.0. The highest BCUT2D eigenvalue weighted by atomic mass is 79.9. The molecule has 0 heterocycles. The molecule has 2 N–H and O–H groups in total. The zero-order valence-electron chi connectivity index (χ0n) is 11.1. The minimum atomic E-state index is -0.918. The normalized spacial score (nSPS) is 16.2. The summed E-state index contributed by atoms with van der Waals surface area (Å²) >= 11 is 3.36. The number of carbonyl (C=O) groups excluding carboxylic acids is 1. The maximum Gasteiger partial charge on any atom is 0.305 e. The van der Waals surface area contributed by atoms with Gasteiger partial charge in [-0.25, -0.2) is 0 Å². The lowest BCUT2D eigenvalue weighted by molar-refractivity contribution is -0.137. The molecule has 108 valence electrons. The van der Waals surface area contributed by atoms with Crippen LogP contribution in [0.25, 0.3) is 0 Å². The van der Waals surface area contributed by atoms with E-state index in [9.17, 15) is 9.59 Å². The van der Waals surface area contributed by atoms with Crippen LogP contribution in [0.15, 0.2) is 28.7 Å². The van der Waals surface area contributed by atoms with E-state index in [1.807, 2.05) is 24.3 Å². The molecule has 20 heavy (non-hydrogen) atoms. The molecular weight excluding hydrogens is 322 g/mol. The SMILES string of the molecule is O=C(O)CC(NC(=O)CC1CCC1)c1cccc(Br)c1. The zero-order chi connectivity index (χ0) is 14.5. The van der Waals surface area contributed by atoms with Crippen LogP contribution in [-0.2, 0) is 9.59 Å². The first kappa shape index (κ1) is 15.0. The van der Waals surface area contributed by atoms with E-state index >= 15 is 0 Å². The Labute approximate surface area is 126 Å². The van der Waals surface area contributed by atoms with Crippen molar-refractivity contribution in [1.29, 1.82) is 0 Å². The van der Waals surface area contributed by atoms with Gasteiger partial charge in [0, 0.05) is 10.9 Å². The summed E-state index contributed by atoms with van der Waals surface area (Å²) < 4.78 is 0.874. The summed E-state index contributed by atoms with van der Waals surface area (Å²) in [5.74, 6) is -0.497. The van der Waals surface area contributed by atoms with Crippen LogP contribution < -0.4 is 5.32 Å². The summed E-state index contributed by atoms with van der Waals surface area (Å²) in [4.78, 5) is 23.0. The number of aliphatic carboxylic acids is 1. The highest BCUT2D eigenvalue weighted by Crippen LogP contribution is 2.29. The summed E-state index contributed by atoms with van der Waals surface area (Å²) in [6, 6.07) is 6.92. The Morgan fingerprint density at radius 3 is 2.70 bits per heavy atom. The minimum absolute atomic E-state index is 0.0547.